The second-order valence-electron chi connectivity index (χ2n) is 4.51. The molecule has 104 valence electrons. The lowest BCUT2D eigenvalue weighted by Gasteiger charge is -2.30. The number of rotatable bonds is 4. The zero-order chi connectivity index (χ0) is 14.6. The van der Waals surface area contributed by atoms with Crippen LogP contribution in [0.15, 0.2) is 54.6 Å². The number of carbonyl (C=O) groups is 1. The highest BCUT2D eigenvalue weighted by Gasteiger charge is 2.42. The van der Waals surface area contributed by atoms with Crippen LogP contribution in [0.1, 0.15) is 24.5 Å². The van der Waals surface area contributed by atoms with Crippen LogP contribution in [0.25, 0.3) is 0 Å². The van der Waals surface area contributed by atoms with Crippen molar-refractivity contribution in [2.75, 3.05) is 0 Å². The van der Waals surface area contributed by atoms with Crippen molar-refractivity contribution in [2.45, 2.75) is 18.8 Å². The van der Waals surface area contributed by atoms with Gasteiger partial charge in [-0.05, 0) is 29.7 Å². The fourth-order valence-corrected chi connectivity index (χ4v) is 2.49. The summed E-state index contributed by atoms with van der Waals surface area (Å²) in [5.74, 6) is -1.16. The van der Waals surface area contributed by atoms with Gasteiger partial charge in [0.2, 0.25) is 0 Å². The van der Waals surface area contributed by atoms with E-state index in [0.29, 0.717) is 17.5 Å². The van der Waals surface area contributed by atoms with Crippen molar-refractivity contribution < 1.29 is 19.3 Å². The predicted octanol–water partition coefficient (Wildman–Crippen LogP) is 3.54. The number of hydrogen-bond acceptors (Lipinski definition) is 3. The molecule has 0 aliphatic rings. The Morgan fingerprint density at radius 2 is 1.65 bits per heavy atom. The summed E-state index contributed by atoms with van der Waals surface area (Å²) in [6.45, 7) is 1.81. The third-order valence-corrected chi connectivity index (χ3v) is 3.57. The van der Waals surface area contributed by atoms with E-state index in [1.54, 1.807) is 24.3 Å². The van der Waals surface area contributed by atoms with Gasteiger partial charge in [-0.25, -0.2) is 9.18 Å². The minimum Gasteiger partial charge on any atom is -0.300 e. The first-order valence-corrected chi connectivity index (χ1v) is 6.32. The zero-order valence-electron chi connectivity index (χ0n) is 11.0. The maximum absolute atomic E-state index is 13.1. The van der Waals surface area contributed by atoms with Crippen molar-refractivity contribution in [3.8, 4) is 0 Å². The Morgan fingerprint density at radius 3 is 2.15 bits per heavy atom. The number of hydrogen-bond donors (Lipinski definition) is 1. The average molecular weight is 274 g/mol. The Bertz CT molecular complexity index is 580. The monoisotopic (exact) mass is 274 g/mol. The predicted molar refractivity (Wildman–Crippen MR) is 72.6 cm³/mol. The molecule has 0 heterocycles. The average Bonchev–Trinajstić information content (AvgIpc) is 2.51. The number of benzene rings is 2. The van der Waals surface area contributed by atoms with Crippen molar-refractivity contribution >= 4 is 5.97 Å². The Morgan fingerprint density at radius 1 is 1.10 bits per heavy atom. The first kappa shape index (κ1) is 14.2. The molecule has 3 nitrogen and oxygen atoms in total. The molecule has 0 aliphatic carbocycles. The van der Waals surface area contributed by atoms with Gasteiger partial charge < -0.3 is 0 Å². The molecule has 0 spiro atoms. The molecule has 2 rings (SSSR count). The maximum atomic E-state index is 13.1. The summed E-state index contributed by atoms with van der Waals surface area (Å²) >= 11 is 0. The van der Waals surface area contributed by atoms with E-state index in [2.05, 4.69) is 4.89 Å². The van der Waals surface area contributed by atoms with Gasteiger partial charge >= 0.3 is 5.97 Å². The molecule has 0 saturated heterocycles. The van der Waals surface area contributed by atoms with Crippen LogP contribution in [0.5, 0.6) is 0 Å². The summed E-state index contributed by atoms with van der Waals surface area (Å²) in [7, 11) is 0. The molecule has 0 saturated carbocycles. The van der Waals surface area contributed by atoms with Crippen LogP contribution in [0, 0.1) is 5.82 Å². The normalized spacial score (nSPS) is 13.6. The van der Waals surface area contributed by atoms with Gasteiger partial charge in [-0.1, -0.05) is 49.4 Å². The van der Waals surface area contributed by atoms with Crippen LogP contribution in [-0.2, 0) is 15.1 Å². The molecule has 1 N–H and O–H groups in total. The van der Waals surface area contributed by atoms with E-state index in [9.17, 15) is 9.18 Å². The van der Waals surface area contributed by atoms with Crippen LogP contribution in [0.2, 0.25) is 0 Å². The van der Waals surface area contributed by atoms with Crippen molar-refractivity contribution in [3.05, 3.63) is 71.5 Å². The van der Waals surface area contributed by atoms with Crippen LogP contribution in [-0.4, -0.2) is 11.2 Å². The minimum atomic E-state index is -1.15. The minimum absolute atomic E-state index is 0.377. The molecular weight excluding hydrogens is 259 g/mol. The van der Waals surface area contributed by atoms with E-state index in [1.807, 2.05) is 13.0 Å². The van der Waals surface area contributed by atoms with Crippen molar-refractivity contribution in [2.24, 2.45) is 0 Å². The smallest absolute Gasteiger partial charge is 0.300 e. The van der Waals surface area contributed by atoms with Crippen molar-refractivity contribution in [1.82, 2.24) is 0 Å². The molecule has 1 unspecified atom stereocenters. The highest BCUT2D eigenvalue weighted by Crippen LogP contribution is 2.36. The first-order chi connectivity index (χ1) is 9.65. The van der Waals surface area contributed by atoms with Crippen LogP contribution in [0.3, 0.4) is 0 Å². The van der Waals surface area contributed by atoms with E-state index < -0.39 is 11.4 Å². The molecule has 0 fully saturated rings. The molecule has 1 atom stereocenters. The highest BCUT2D eigenvalue weighted by atomic mass is 19.1. The Balaban J connectivity index is 2.65. The van der Waals surface area contributed by atoms with Crippen LogP contribution < -0.4 is 0 Å². The summed E-state index contributed by atoms with van der Waals surface area (Å²) < 4.78 is 13.1. The third-order valence-electron chi connectivity index (χ3n) is 3.57. The molecule has 0 aliphatic heterocycles. The zero-order valence-corrected chi connectivity index (χ0v) is 11.0. The summed E-state index contributed by atoms with van der Waals surface area (Å²) in [5, 5.41) is 8.86. The summed E-state index contributed by atoms with van der Waals surface area (Å²) in [6.07, 6.45) is 0.377. The van der Waals surface area contributed by atoms with Crippen LogP contribution >= 0.6 is 0 Å². The Kier molecular flexibility index (Phi) is 4.15. The van der Waals surface area contributed by atoms with Gasteiger partial charge in [0.15, 0.2) is 0 Å². The Hall–Kier alpha value is -2.20. The van der Waals surface area contributed by atoms with E-state index in [4.69, 9.17) is 5.26 Å². The second kappa shape index (κ2) is 5.84. The molecule has 0 amide bonds. The van der Waals surface area contributed by atoms with Gasteiger partial charge in [0.05, 0.1) is 0 Å². The molecule has 0 aromatic heterocycles. The molecule has 4 heteroatoms. The van der Waals surface area contributed by atoms with Gasteiger partial charge in [-0.3, -0.25) is 4.89 Å². The lowest BCUT2D eigenvalue weighted by atomic mass is 9.72. The van der Waals surface area contributed by atoms with Crippen LogP contribution in [0.4, 0.5) is 4.39 Å². The van der Waals surface area contributed by atoms with Gasteiger partial charge in [-0.15, -0.1) is 0 Å². The lowest BCUT2D eigenvalue weighted by Crippen LogP contribution is -2.37. The highest BCUT2D eigenvalue weighted by molar-refractivity contribution is 5.87. The van der Waals surface area contributed by atoms with Crippen molar-refractivity contribution in [3.63, 3.8) is 0 Å². The summed E-state index contributed by atoms with van der Waals surface area (Å²) in [6, 6.07) is 14.6. The largest absolute Gasteiger partial charge is 0.356 e. The number of carbonyl (C=O) groups excluding carboxylic acids is 1. The van der Waals surface area contributed by atoms with E-state index in [-0.39, 0.29) is 5.82 Å². The topological polar surface area (TPSA) is 46.5 Å². The molecular formula is C16H15FO3. The molecule has 0 radical (unpaired) electrons. The standard InChI is InChI=1S/C16H15FO3/c1-2-16(15(18)20-19,12-6-4-3-5-7-12)13-8-10-14(17)11-9-13/h3-11,19H,2H2,1H3. The van der Waals surface area contributed by atoms with Gasteiger partial charge in [0.25, 0.3) is 0 Å². The fraction of sp³-hybridized carbons (Fsp3) is 0.188. The summed E-state index contributed by atoms with van der Waals surface area (Å²) in [5.41, 5.74) is 0.115. The van der Waals surface area contributed by atoms with Crippen molar-refractivity contribution in [1.29, 1.82) is 0 Å². The van der Waals surface area contributed by atoms with Gasteiger partial charge in [0, 0.05) is 0 Å². The molecule has 2 aromatic rings. The summed E-state index contributed by atoms with van der Waals surface area (Å²) in [4.78, 5) is 16.2. The van der Waals surface area contributed by atoms with E-state index in [1.165, 1.54) is 24.3 Å². The molecule has 20 heavy (non-hydrogen) atoms. The lowest BCUT2D eigenvalue weighted by molar-refractivity contribution is -0.239. The quantitative estimate of drug-likeness (QED) is 0.685. The first-order valence-electron chi connectivity index (χ1n) is 6.32. The van der Waals surface area contributed by atoms with Gasteiger partial charge in [0.1, 0.15) is 11.2 Å². The Labute approximate surface area is 116 Å². The van der Waals surface area contributed by atoms with E-state index >= 15 is 0 Å². The molecule has 0 bridgehead atoms. The molecule has 2 aromatic carbocycles. The second-order valence-corrected chi connectivity index (χ2v) is 4.51. The fourth-order valence-electron chi connectivity index (χ4n) is 2.49. The maximum Gasteiger partial charge on any atom is 0.356 e. The number of halogens is 1. The third kappa shape index (κ3) is 2.30. The van der Waals surface area contributed by atoms with Gasteiger partial charge in [-0.2, -0.15) is 5.26 Å². The van der Waals surface area contributed by atoms with E-state index in [0.717, 1.165) is 0 Å². The SMILES string of the molecule is CCC(C(=O)OO)(c1ccccc1)c1ccc(F)cc1.